The summed E-state index contributed by atoms with van der Waals surface area (Å²) in [4.78, 5) is 26.6. The molecule has 2 aromatic rings. The third-order valence-corrected chi connectivity index (χ3v) is 10.2. The zero-order chi connectivity index (χ0) is 31.7. The third kappa shape index (κ3) is 7.53. The van der Waals surface area contributed by atoms with Crippen molar-refractivity contribution in [2.75, 3.05) is 12.0 Å². The molecule has 7 atom stereocenters. The van der Waals surface area contributed by atoms with Crippen LogP contribution in [0.15, 0.2) is 40.9 Å². The van der Waals surface area contributed by atoms with Crippen molar-refractivity contribution in [3.63, 3.8) is 0 Å². The highest BCUT2D eigenvalue weighted by Gasteiger charge is 2.50. The first kappa shape index (κ1) is 33.2. The molecule has 0 amide bonds. The molecule has 0 unspecified atom stereocenters. The lowest BCUT2D eigenvalue weighted by Crippen LogP contribution is -2.45. The number of nitrogens with one attached hydrogen (secondary N) is 1. The number of aliphatic hydroxyl groups is 2. The van der Waals surface area contributed by atoms with E-state index in [-0.39, 0.29) is 29.7 Å². The molecule has 2 fully saturated rings. The molecule has 4 rings (SSSR count). The first-order valence-corrected chi connectivity index (χ1v) is 16.4. The van der Waals surface area contributed by atoms with Crippen LogP contribution in [0.1, 0.15) is 79.3 Å². The van der Waals surface area contributed by atoms with E-state index in [1.54, 1.807) is 32.5 Å². The van der Waals surface area contributed by atoms with E-state index >= 15 is 0 Å². The summed E-state index contributed by atoms with van der Waals surface area (Å²) in [6.45, 7) is 11.1. The summed E-state index contributed by atoms with van der Waals surface area (Å²) < 4.78 is 7.89. The second kappa shape index (κ2) is 13.1. The first-order valence-electron chi connectivity index (χ1n) is 15.2. The largest absolute Gasteiger partial charge is 0.458 e. The van der Waals surface area contributed by atoms with Gasteiger partial charge in [0.15, 0.2) is 0 Å². The molecule has 2 saturated heterocycles. The van der Waals surface area contributed by atoms with Crippen LogP contribution in [0, 0.1) is 17.3 Å². The van der Waals surface area contributed by atoms with Crippen LogP contribution in [0.2, 0.25) is 0 Å². The number of hydrogen-bond donors (Lipinski definition) is 4. The molecule has 2 aliphatic rings. The lowest BCUT2D eigenvalue weighted by molar-refractivity contribution is -0.154. The maximum atomic E-state index is 13.4. The molecule has 0 spiro atoms. The first-order chi connectivity index (χ1) is 20.2. The minimum atomic E-state index is -1.25. The van der Waals surface area contributed by atoms with Gasteiger partial charge in [0, 0.05) is 29.6 Å². The number of nitrogen functional groups attached to an aromatic ring is 1. The smallest absolute Gasteiger partial charge is 0.309 e. The number of carbonyl (C=O) groups excluding carboxylic acids is 2. The van der Waals surface area contributed by atoms with Crippen molar-refractivity contribution < 1.29 is 24.5 Å². The Morgan fingerprint density at radius 1 is 1.19 bits per heavy atom. The SMILES string of the molecule is CSc1cc(/C=C(\C)[C@@H]2C[C@@H]3N[C@]3(C)CCC[C@H](C)[C@H](O)[C@@H](C)C(=O)C(C)(C)[C@@H](O)CC(=O)O2)nn1-c1ccc(N)cc1. The Morgan fingerprint density at radius 2 is 1.86 bits per heavy atom. The fourth-order valence-electron chi connectivity index (χ4n) is 6.17. The predicted octanol–water partition coefficient (Wildman–Crippen LogP) is 4.78. The maximum absolute atomic E-state index is 13.4. The number of hydrogen-bond acceptors (Lipinski definition) is 9. The Kier molecular flexibility index (Phi) is 10.2. The van der Waals surface area contributed by atoms with E-state index in [2.05, 4.69) is 12.2 Å². The van der Waals surface area contributed by atoms with E-state index in [1.165, 1.54) is 0 Å². The van der Waals surface area contributed by atoms with Gasteiger partial charge in [0.05, 0.1) is 35.4 Å². The molecular weight excluding hydrogens is 564 g/mol. The molecule has 2 aliphatic heterocycles. The number of ketones is 1. The van der Waals surface area contributed by atoms with Crippen LogP contribution in [0.25, 0.3) is 11.8 Å². The Bertz CT molecular complexity index is 1340. The molecule has 43 heavy (non-hydrogen) atoms. The van der Waals surface area contributed by atoms with Crippen molar-refractivity contribution in [3.05, 3.63) is 41.6 Å². The van der Waals surface area contributed by atoms with Crippen LogP contribution >= 0.6 is 11.8 Å². The zero-order valence-corrected chi connectivity index (χ0v) is 27.3. The van der Waals surface area contributed by atoms with Gasteiger partial charge in [-0.3, -0.25) is 9.59 Å². The van der Waals surface area contributed by atoms with Crippen LogP contribution in [0.3, 0.4) is 0 Å². The lowest BCUT2D eigenvalue weighted by Gasteiger charge is -2.34. The number of nitrogens with zero attached hydrogens (tertiary/aromatic N) is 2. The molecule has 3 heterocycles. The Balaban J connectivity index is 1.61. The normalized spacial score (nSPS) is 32.6. The third-order valence-electron chi connectivity index (χ3n) is 9.53. The number of rotatable bonds is 4. The van der Waals surface area contributed by atoms with Crippen LogP contribution in [0.5, 0.6) is 0 Å². The van der Waals surface area contributed by atoms with Gasteiger partial charge in [-0.1, -0.05) is 34.1 Å². The molecule has 9 nitrogen and oxygen atoms in total. The van der Waals surface area contributed by atoms with Gasteiger partial charge >= 0.3 is 5.97 Å². The van der Waals surface area contributed by atoms with Crippen LogP contribution in [-0.4, -0.2) is 67.9 Å². The van der Waals surface area contributed by atoms with Crippen molar-refractivity contribution in [2.24, 2.45) is 17.3 Å². The summed E-state index contributed by atoms with van der Waals surface area (Å²) in [6.07, 6.45) is 4.18. The molecule has 10 heteroatoms. The number of aliphatic hydroxyl groups excluding tert-OH is 2. The van der Waals surface area contributed by atoms with Gasteiger partial charge < -0.3 is 26.0 Å². The van der Waals surface area contributed by atoms with Crippen molar-refractivity contribution in [2.45, 2.75) is 109 Å². The fraction of sp³-hybridized carbons (Fsp3) is 0.606. The molecule has 0 aliphatic carbocycles. The van der Waals surface area contributed by atoms with E-state index in [0.29, 0.717) is 12.1 Å². The number of thioether (sulfide) groups is 1. The van der Waals surface area contributed by atoms with E-state index in [1.807, 2.05) is 61.2 Å². The highest BCUT2D eigenvalue weighted by Crippen LogP contribution is 2.38. The molecule has 236 valence electrons. The van der Waals surface area contributed by atoms with Crippen LogP contribution < -0.4 is 11.1 Å². The topological polar surface area (TPSA) is 150 Å². The highest BCUT2D eigenvalue weighted by molar-refractivity contribution is 7.98. The number of anilines is 1. The van der Waals surface area contributed by atoms with Gasteiger partial charge in [0.1, 0.15) is 16.9 Å². The second-order valence-corrected chi connectivity index (χ2v) is 14.1. The monoisotopic (exact) mass is 612 g/mol. The predicted molar refractivity (Wildman–Crippen MR) is 171 cm³/mol. The lowest BCUT2D eigenvalue weighted by atomic mass is 9.73. The van der Waals surface area contributed by atoms with E-state index in [9.17, 15) is 19.8 Å². The molecule has 5 N–H and O–H groups in total. The quantitative estimate of drug-likeness (QED) is 0.166. The fourth-order valence-corrected chi connectivity index (χ4v) is 6.73. The number of cyclic esters (lactones) is 1. The molecular formula is C33H48N4O5S. The molecule has 1 aromatic heterocycles. The number of benzene rings is 1. The standard InChI is InChI=1S/C33H48N4O5S/c1-19-9-8-14-33(6)26(35-33)17-25(42-29(39)18-27(38)32(4,5)31(41)21(3)30(19)40)20(2)15-23-16-28(43-7)37(36-23)24-12-10-22(34)11-13-24/h10-13,15-16,19,21,25-27,30,35,38,40H,8-9,14,17-18,34H2,1-7H3/b20-15+/t19-,21+,25-,26-,27-,30-,33+/m0/s1. The summed E-state index contributed by atoms with van der Waals surface area (Å²) in [5.74, 6) is -1.56. The number of ether oxygens (including phenoxy) is 1. The average Bonchev–Trinajstić information content (AvgIpc) is 3.40. The van der Waals surface area contributed by atoms with Gasteiger partial charge in [-0.05, 0) is 80.8 Å². The van der Waals surface area contributed by atoms with Crippen molar-refractivity contribution in [1.82, 2.24) is 15.1 Å². The summed E-state index contributed by atoms with van der Waals surface area (Å²) in [6, 6.07) is 9.67. The summed E-state index contributed by atoms with van der Waals surface area (Å²) in [5.41, 5.74) is 7.70. The van der Waals surface area contributed by atoms with Gasteiger partial charge in [0.2, 0.25) is 0 Å². The van der Waals surface area contributed by atoms with Crippen molar-refractivity contribution in [1.29, 1.82) is 0 Å². The number of nitrogens with two attached hydrogens (primary N) is 1. The number of Topliss-reactive ketones (excluding diaryl/α,β-unsaturated/α-hetero) is 1. The minimum absolute atomic E-state index is 0.0669. The van der Waals surface area contributed by atoms with Gasteiger partial charge in [-0.15, -0.1) is 11.8 Å². The number of aromatic nitrogens is 2. The van der Waals surface area contributed by atoms with Crippen LogP contribution in [0.4, 0.5) is 5.69 Å². The molecule has 0 bridgehead atoms. The van der Waals surface area contributed by atoms with Crippen molar-refractivity contribution in [3.8, 4) is 5.69 Å². The summed E-state index contributed by atoms with van der Waals surface area (Å²) >= 11 is 1.58. The van der Waals surface area contributed by atoms with Gasteiger partial charge in [-0.2, -0.15) is 5.10 Å². The van der Waals surface area contributed by atoms with E-state index in [4.69, 9.17) is 15.6 Å². The Labute approximate surface area is 259 Å². The number of esters is 1. The molecule has 0 radical (unpaired) electrons. The average molecular weight is 613 g/mol. The summed E-state index contributed by atoms with van der Waals surface area (Å²) in [7, 11) is 0. The summed E-state index contributed by atoms with van der Waals surface area (Å²) in [5, 5.41) is 31.3. The molecule has 0 saturated carbocycles. The Morgan fingerprint density at radius 3 is 2.51 bits per heavy atom. The maximum Gasteiger partial charge on any atom is 0.309 e. The van der Waals surface area contributed by atoms with E-state index < -0.39 is 35.6 Å². The van der Waals surface area contributed by atoms with Crippen LogP contribution in [-0.2, 0) is 14.3 Å². The Hall–Kier alpha value is -2.66. The number of carbonyl (C=O) groups is 2. The minimum Gasteiger partial charge on any atom is -0.458 e. The van der Waals surface area contributed by atoms with Crippen molar-refractivity contribution >= 4 is 35.3 Å². The highest BCUT2D eigenvalue weighted by atomic mass is 32.2. The van der Waals surface area contributed by atoms with Gasteiger partial charge in [0.25, 0.3) is 0 Å². The molecule has 1 aromatic carbocycles. The van der Waals surface area contributed by atoms with E-state index in [0.717, 1.165) is 41.2 Å². The number of fused-ring (bicyclic) bond motifs is 1. The zero-order valence-electron chi connectivity index (χ0n) is 26.5. The van der Waals surface area contributed by atoms with Gasteiger partial charge in [-0.25, -0.2) is 4.68 Å². The second-order valence-electron chi connectivity index (χ2n) is 13.3.